The van der Waals surface area contributed by atoms with Crippen LogP contribution in [0.2, 0.25) is 0 Å². The van der Waals surface area contributed by atoms with Gasteiger partial charge in [-0.2, -0.15) is 0 Å². The van der Waals surface area contributed by atoms with E-state index in [1.807, 2.05) is 0 Å². The maximum absolute atomic E-state index is 13.4. The van der Waals surface area contributed by atoms with E-state index in [1.165, 1.54) is 18.2 Å². The van der Waals surface area contributed by atoms with E-state index in [4.69, 9.17) is 5.73 Å². The van der Waals surface area contributed by atoms with E-state index in [0.29, 0.717) is 24.0 Å². The highest BCUT2D eigenvalue weighted by atomic mass is 19.2. The smallest absolute Gasteiger partial charge is 0.244 e. The van der Waals surface area contributed by atoms with Crippen molar-refractivity contribution in [2.24, 2.45) is 5.73 Å². The Morgan fingerprint density at radius 1 is 0.929 bits per heavy atom. The number of benzene rings is 2. The Bertz CT molecular complexity index is 868. The standard InChI is InChI=1S/C22H23F3N2O/c23-18-4-1-15(2-5-18)7-10-27-11-8-17(9-12-27)19(22(26)28)13-16-3-6-20(24)21(25)14-16/h1-6,14H,7-13H2,(H2,26,28). The van der Waals surface area contributed by atoms with Crippen molar-refractivity contribution in [3.05, 3.63) is 82.2 Å². The molecular weight excluding hydrogens is 365 g/mol. The maximum atomic E-state index is 13.4. The van der Waals surface area contributed by atoms with Crippen LogP contribution in [0.4, 0.5) is 13.2 Å². The normalized spacial score (nSPS) is 14.9. The fourth-order valence-electron chi connectivity index (χ4n) is 3.53. The molecule has 3 nitrogen and oxygen atoms in total. The number of amides is 1. The number of piperidine rings is 1. The zero-order chi connectivity index (χ0) is 20.1. The Hall–Kier alpha value is -2.60. The van der Waals surface area contributed by atoms with Gasteiger partial charge in [-0.3, -0.25) is 4.79 Å². The Kier molecular flexibility index (Phi) is 6.52. The molecule has 148 valence electrons. The summed E-state index contributed by atoms with van der Waals surface area (Å²) in [5.41, 5.74) is 8.64. The average Bonchev–Trinajstić information content (AvgIpc) is 2.69. The molecule has 0 radical (unpaired) electrons. The minimum Gasteiger partial charge on any atom is -0.366 e. The van der Waals surface area contributed by atoms with Gasteiger partial charge >= 0.3 is 0 Å². The number of nitrogens with zero attached hydrogens (tertiary/aromatic N) is 1. The summed E-state index contributed by atoms with van der Waals surface area (Å²) >= 11 is 0. The molecule has 2 aromatic carbocycles. The molecule has 0 atom stereocenters. The lowest BCUT2D eigenvalue weighted by Gasteiger charge is -2.29. The van der Waals surface area contributed by atoms with Crippen molar-refractivity contribution in [3.63, 3.8) is 0 Å². The molecule has 1 fully saturated rings. The van der Waals surface area contributed by atoms with Crippen LogP contribution in [0.5, 0.6) is 0 Å². The minimum atomic E-state index is -0.929. The third-order valence-corrected chi connectivity index (χ3v) is 5.18. The minimum absolute atomic E-state index is 0.206. The van der Waals surface area contributed by atoms with Crippen molar-refractivity contribution in [1.29, 1.82) is 0 Å². The monoisotopic (exact) mass is 388 g/mol. The molecule has 1 saturated heterocycles. The molecule has 2 N–H and O–H groups in total. The van der Waals surface area contributed by atoms with Crippen LogP contribution in [0.3, 0.4) is 0 Å². The van der Waals surface area contributed by atoms with Crippen molar-refractivity contribution in [1.82, 2.24) is 4.90 Å². The van der Waals surface area contributed by atoms with Crippen LogP contribution < -0.4 is 5.73 Å². The van der Waals surface area contributed by atoms with Crippen molar-refractivity contribution >= 4 is 5.91 Å². The summed E-state index contributed by atoms with van der Waals surface area (Å²) in [7, 11) is 0. The highest BCUT2D eigenvalue weighted by molar-refractivity contribution is 5.93. The molecule has 0 saturated carbocycles. The van der Waals surface area contributed by atoms with Gasteiger partial charge in [-0.25, -0.2) is 13.2 Å². The molecule has 6 heteroatoms. The third-order valence-electron chi connectivity index (χ3n) is 5.18. The largest absolute Gasteiger partial charge is 0.366 e. The van der Waals surface area contributed by atoms with E-state index in [9.17, 15) is 18.0 Å². The van der Waals surface area contributed by atoms with E-state index in [0.717, 1.165) is 49.3 Å². The van der Waals surface area contributed by atoms with Crippen LogP contribution in [-0.4, -0.2) is 30.4 Å². The van der Waals surface area contributed by atoms with Gasteiger partial charge < -0.3 is 10.6 Å². The number of rotatable bonds is 6. The molecule has 0 unspecified atom stereocenters. The van der Waals surface area contributed by atoms with Gasteiger partial charge in [0.2, 0.25) is 5.91 Å². The maximum Gasteiger partial charge on any atom is 0.244 e. The highest BCUT2D eigenvalue weighted by Gasteiger charge is 2.20. The van der Waals surface area contributed by atoms with Crippen molar-refractivity contribution in [2.45, 2.75) is 25.7 Å². The van der Waals surface area contributed by atoms with Crippen LogP contribution >= 0.6 is 0 Å². The molecule has 1 aliphatic rings. The van der Waals surface area contributed by atoms with E-state index in [2.05, 4.69) is 4.90 Å². The molecule has 3 rings (SSSR count). The predicted molar refractivity (Wildman–Crippen MR) is 102 cm³/mol. The number of primary amides is 1. The summed E-state index contributed by atoms with van der Waals surface area (Å²) in [5, 5.41) is 0. The van der Waals surface area contributed by atoms with Crippen LogP contribution in [0.15, 0.2) is 53.6 Å². The fraction of sp³-hybridized carbons (Fsp3) is 0.318. The van der Waals surface area contributed by atoms with E-state index < -0.39 is 17.5 Å². The van der Waals surface area contributed by atoms with Crippen molar-refractivity contribution in [3.8, 4) is 0 Å². The number of hydrogen-bond donors (Lipinski definition) is 1. The van der Waals surface area contributed by atoms with Gasteiger partial charge in [0, 0.05) is 31.6 Å². The average molecular weight is 388 g/mol. The first kappa shape index (κ1) is 20.1. The third kappa shape index (κ3) is 5.23. The zero-order valence-electron chi connectivity index (χ0n) is 15.6. The van der Waals surface area contributed by atoms with Gasteiger partial charge in [-0.1, -0.05) is 23.8 Å². The van der Waals surface area contributed by atoms with Gasteiger partial charge in [-0.05, 0) is 54.7 Å². The van der Waals surface area contributed by atoms with Crippen molar-refractivity contribution < 1.29 is 18.0 Å². The second-order valence-electron chi connectivity index (χ2n) is 7.09. The lowest BCUT2D eigenvalue weighted by Crippen LogP contribution is -2.34. The SMILES string of the molecule is NC(=O)C(Cc1ccc(F)c(F)c1)=C1CCN(CCc2ccc(F)cc2)CC1. The van der Waals surface area contributed by atoms with Crippen LogP contribution in [0.25, 0.3) is 0 Å². The first-order valence-corrected chi connectivity index (χ1v) is 9.34. The molecule has 0 spiro atoms. The summed E-state index contributed by atoms with van der Waals surface area (Å²) < 4.78 is 39.5. The summed E-state index contributed by atoms with van der Waals surface area (Å²) in [6, 6.07) is 10.1. The molecule has 28 heavy (non-hydrogen) atoms. The van der Waals surface area contributed by atoms with E-state index in [1.54, 1.807) is 12.1 Å². The summed E-state index contributed by atoms with van der Waals surface area (Å²) in [6.45, 7) is 2.45. The Morgan fingerprint density at radius 3 is 2.18 bits per heavy atom. The van der Waals surface area contributed by atoms with Gasteiger partial charge in [0.1, 0.15) is 5.82 Å². The highest BCUT2D eigenvalue weighted by Crippen LogP contribution is 2.23. The number of halogens is 3. The second kappa shape index (κ2) is 9.06. The number of nitrogens with two attached hydrogens (primary N) is 1. The van der Waals surface area contributed by atoms with E-state index in [-0.39, 0.29) is 12.2 Å². The van der Waals surface area contributed by atoms with Gasteiger partial charge in [0.05, 0.1) is 0 Å². The van der Waals surface area contributed by atoms with Gasteiger partial charge in [0.15, 0.2) is 11.6 Å². The summed E-state index contributed by atoms with van der Waals surface area (Å²) in [5.74, 6) is -2.59. The van der Waals surface area contributed by atoms with E-state index >= 15 is 0 Å². The quantitative estimate of drug-likeness (QED) is 0.766. The second-order valence-corrected chi connectivity index (χ2v) is 7.09. The number of carbonyl (C=O) groups excluding carboxylic acids is 1. The number of carbonyl (C=O) groups is 1. The molecule has 1 aliphatic heterocycles. The van der Waals surface area contributed by atoms with Crippen molar-refractivity contribution in [2.75, 3.05) is 19.6 Å². The molecule has 0 bridgehead atoms. The fourth-order valence-corrected chi connectivity index (χ4v) is 3.53. The number of likely N-dealkylation sites (tertiary alicyclic amines) is 1. The predicted octanol–water partition coefficient (Wildman–Crippen LogP) is 3.77. The Morgan fingerprint density at radius 2 is 1.57 bits per heavy atom. The lowest BCUT2D eigenvalue weighted by atomic mass is 9.93. The zero-order valence-corrected chi connectivity index (χ0v) is 15.6. The molecule has 2 aromatic rings. The van der Waals surface area contributed by atoms with Gasteiger partial charge in [-0.15, -0.1) is 0 Å². The number of hydrogen-bond acceptors (Lipinski definition) is 2. The topological polar surface area (TPSA) is 46.3 Å². The first-order chi connectivity index (χ1) is 13.4. The molecular formula is C22H23F3N2O. The summed E-state index contributed by atoms with van der Waals surface area (Å²) in [4.78, 5) is 14.2. The lowest BCUT2D eigenvalue weighted by molar-refractivity contribution is -0.114. The molecule has 1 amide bonds. The van der Waals surface area contributed by atoms with Crippen LogP contribution in [0, 0.1) is 17.5 Å². The Balaban J connectivity index is 1.60. The van der Waals surface area contributed by atoms with Crippen LogP contribution in [0.1, 0.15) is 24.0 Å². The van der Waals surface area contributed by atoms with Gasteiger partial charge in [0.25, 0.3) is 0 Å². The molecule has 0 aliphatic carbocycles. The molecule has 0 aromatic heterocycles. The van der Waals surface area contributed by atoms with Crippen LogP contribution in [-0.2, 0) is 17.6 Å². The summed E-state index contributed by atoms with van der Waals surface area (Å²) in [6.07, 6.45) is 2.46. The molecule has 1 heterocycles. The first-order valence-electron chi connectivity index (χ1n) is 9.34. The Labute approximate surface area is 162 Å².